The zero-order valence-electron chi connectivity index (χ0n) is 13.5. The maximum atomic E-state index is 13.3. The number of nitrogens with two attached hydrogens (primary N) is 1. The molecule has 0 atom stereocenters. The molecule has 0 radical (unpaired) electrons. The summed E-state index contributed by atoms with van der Waals surface area (Å²) in [6.07, 6.45) is 0.500. The van der Waals surface area contributed by atoms with Crippen LogP contribution in [0.1, 0.15) is 38.1 Å². The molecule has 0 saturated heterocycles. The Hall–Kier alpha value is -2.74. The highest BCUT2D eigenvalue weighted by Gasteiger charge is 2.28. The van der Waals surface area contributed by atoms with Crippen LogP contribution in [0.25, 0.3) is 0 Å². The quantitative estimate of drug-likeness (QED) is 0.877. The van der Waals surface area contributed by atoms with Crippen LogP contribution in [0, 0.1) is 5.82 Å². The Kier molecular flexibility index (Phi) is 4.54. The number of thiophene rings is 1. The molecule has 0 saturated carbocycles. The molecule has 2 heterocycles. The van der Waals surface area contributed by atoms with E-state index in [1.807, 2.05) is 0 Å². The van der Waals surface area contributed by atoms with Gasteiger partial charge in [-0.1, -0.05) is 6.07 Å². The molecule has 1 aliphatic heterocycles. The van der Waals surface area contributed by atoms with E-state index in [0.29, 0.717) is 24.5 Å². The van der Waals surface area contributed by atoms with Crippen LogP contribution in [-0.2, 0) is 17.8 Å². The van der Waals surface area contributed by atoms with Crippen LogP contribution in [0.3, 0.4) is 0 Å². The van der Waals surface area contributed by atoms with Gasteiger partial charge in [0.05, 0.1) is 12.1 Å². The van der Waals surface area contributed by atoms with Crippen molar-refractivity contribution >= 4 is 34.1 Å². The Morgan fingerprint density at radius 3 is 2.72 bits per heavy atom. The van der Waals surface area contributed by atoms with Crippen molar-refractivity contribution in [2.75, 3.05) is 11.9 Å². The van der Waals surface area contributed by atoms with Gasteiger partial charge in [-0.05, 0) is 30.2 Å². The van der Waals surface area contributed by atoms with Crippen molar-refractivity contribution in [3.63, 3.8) is 0 Å². The van der Waals surface area contributed by atoms with Gasteiger partial charge in [0.1, 0.15) is 10.8 Å². The summed E-state index contributed by atoms with van der Waals surface area (Å²) in [4.78, 5) is 38.3. The summed E-state index contributed by atoms with van der Waals surface area (Å²) < 4.78 is 13.3. The second kappa shape index (κ2) is 6.64. The smallest absolute Gasteiger partial charge is 0.256 e. The number of benzene rings is 1. The molecule has 0 fully saturated rings. The normalized spacial score (nSPS) is 13.3. The number of hydrogen-bond donors (Lipinski definition) is 2. The molecule has 8 heteroatoms. The number of amides is 3. The number of primary amides is 1. The standard InChI is InChI=1S/C17H16FN3O3S/c1-9(22)21-6-5-12-13(8-21)25-17(14(12)15(19)23)20-16(24)10-3-2-4-11(18)7-10/h2-4,7H,5-6,8H2,1H3,(H2,19,23)(H,20,24). The Morgan fingerprint density at radius 1 is 1.32 bits per heavy atom. The Balaban J connectivity index is 1.93. The molecular formula is C17H16FN3O3S. The highest BCUT2D eigenvalue weighted by atomic mass is 32.1. The van der Waals surface area contributed by atoms with Crippen LogP contribution in [0.4, 0.5) is 9.39 Å². The van der Waals surface area contributed by atoms with E-state index >= 15 is 0 Å². The van der Waals surface area contributed by atoms with E-state index in [2.05, 4.69) is 5.32 Å². The Bertz CT molecular complexity index is 878. The van der Waals surface area contributed by atoms with E-state index in [1.54, 1.807) is 4.90 Å². The summed E-state index contributed by atoms with van der Waals surface area (Å²) in [5.41, 5.74) is 6.68. The fraction of sp³-hybridized carbons (Fsp3) is 0.235. The summed E-state index contributed by atoms with van der Waals surface area (Å²) in [5.74, 6) is -1.73. The lowest BCUT2D eigenvalue weighted by atomic mass is 10.0. The minimum atomic E-state index is -0.636. The fourth-order valence-electron chi connectivity index (χ4n) is 2.83. The molecular weight excluding hydrogens is 345 g/mol. The average molecular weight is 361 g/mol. The fourth-order valence-corrected chi connectivity index (χ4v) is 4.09. The highest BCUT2D eigenvalue weighted by Crippen LogP contribution is 2.37. The maximum absolute atomic E-state index is 13.3. The second-order valence-corrected chi connectivity index (χ2v) is 6.83. The van der Waals surface area contributed by atoms with Gasteiger partial charge in [0.15, 0.2) is 0 Å². The topological polar surface area (TPSA) is 92.5 Å². The van der Waals surface area contributed by atoms with Gasteiger partial charge in [0.25, 0.3) is 11.8 Å². The average Bonchev–Trinajstić information content (AvgIpc) is 2.91. The number of fused-ring (bicyclic) bond motifs is 1. The SMILES string of the molecule is CC(=O)N1CCc2c(sc(NC(=O)c3cccc(F)c3)c2C(N)=O)C1. The molecule has 1 aliphatic rings. The van der Waals surface area contributed by atoms with Gasteiger partial charge in [0, 0.05) is 23.9 Å². The van der Waals surface area contributed by atoms with E-state index in [0.717, 1.165) is 16.5 Å². The first-order valence-electron chi connectivity index (χ1n) is 7.63. The van der Waals surface area contributed by atoms with Gasteiger partial charge in [-0.3, -0.25) is 14.4 Å². The van der Waals surface area contributed by atoms with Crippen LogP contribution >= 0.6 is 11.3 Å². The minimum absolute atomic E-state index is 0.0509. The summed E-state index contributed by atoms with van der Waals surface area (Å²) in [6, 6.07) is 5.27. The lowest BCUT2D eigenvalue weighted by Gasteiger charge is -2.25. The number of nitrogens with one attached hydrogen (secondary N) is 1. The molecule has 25 heavy (non-hydrogen) atoms. The number of carbonyl (C=O) groups is 3. The van der Waals surface area contributed by atoms with Crippen LogP contribution in [0.5, 0.6) is 0 Å². The third kappa shape index (κ3) is 3.39. The van der Waals surface area contributed by atoms with E-state index in [-0.39, 0.29) is 17.0 Å². The largest absolute Gasteiger partial charge is 0.365 e. The minimum Gasteiger partial charge on any atom is -0.365 e. The van der Waals surface area contributed by atoms with Crippen molar-refractivity contribution < 1.29 is 18.8 Å². The third-order valence-electron chi connectivity index (χ3n) is 4.06. The van der Waals surface area contributed by atoms with Gasteiger partial charge >= 0.3 is 0 Å². The highest BCUT2D eigenvalue weighted by molar-refractivity contribution is 7.17. The van der Waals surface area contributed by atoms with Crippen LogP contribution in [0.2, 0.25) is 0 Å². The second-order valence-electron chi connectivity index (χ2n) is 5.73. The summed E-state index contributed by atoms with van der Waals surface area (Å²) in [5, 5.41) is 2.98. The number of hydrogen-bond acceptors (Lipinski definition) is 4. The summed E-state index contributed by atoms with van der Waals surface area (Å²) in [6.45, 7) is 2.36. The van der Waals surface area contributed by atoms with Crippen LogP contribution < -0.4 is 11.1 Å². The number of nitrogens with zero attached hydrogens (tertiary/aromatic N) is 1. The predicted molar refractivity (Wildman–Crippen MR) is 92.0 cm³/mol. The molecule has 1 aromatic heterocycles. The lowest BCUT2D eigenvalue weighted by molar-refractivity contribution is -0.129. The monoisotopic (exact) mass is 361 g/mol. The van der Waals surface area contributed by atoms with Gasteiger partial charge < -0.3 is 16.0 Å². The van der Waals surface area contributed by atoms with E-state index in [9.17, 15) is 18.8 Å². The summed E-state index contributed by atoms with van der Waals surface area (Å²) >= 11 is 1.22. The maximum Gasteiger partial charge on any atom is 0.256 e. The van der Waals surface area contributed by atoms with Gasteiger partial charge in [-0.25, -0.2) is 4.39 Å². The first kappa shape index (κ1) is 17.1. The van der Waals surface area contributed by atoms with Crippen molar-refractivity contribution in [3.05, 3.63) is 51.7 Å². The van der Waals surface area contributed by atoms with E-state index in [1.165, 1.54) is 36.5 Å². The molecule has 0 bridgehead atoms. The molecule has 2 aromatic rings. The van der Waals surface area contributed by atoms with Gasteiger partial charge in [-0.2, -0.15) is 0 Å². The zero-order chi connectivity index (χ0) is 18.1. The van der Waals surface area contributed by atoms with Crippen LogP contribution in [-0.4, -0.2) is 29.2 Å². The predicted octanol–water partition coefficient (Wildman–Crippen LogP) is 2.14. The molecule has 0 aliphatic carbocycles. The Labute approximate surface area is 147 Å². The Morgan fingerprint density at radius 2 is 2.08 bits per heavy atom. The molecule has 3 amide bonds. The lowest BCUT2D eigenvalue weighted by Crippen LogP contribution is -2.34. The van der Waals surface area contributed by atoms with Crippen molar-refractivity contribution in [1.82, 2.24) is 4.90 Å². The zero-order valence-corrected chi connectivity index (χ0v) is 14.3. The number of carbonyl (C=O) groups excluding carboxylic acids is 3. The van der Waals surface area contributed by atoms with Gasteiger partial charge in [0.2, 0.25) is 5.91 Å². The van der Waals surface area contributed by atoms with Crippen LogP contribution in [0.15, 0.2) is 24.3 Å². The molecule has 3 rings (SSSR count). The van der Waals surface area contributed by atoms with Crippen molar-refractivity contribution in [3.8, 4) is 0 Å². The molecule has 1 aromatic carbocycles. The van der Waals surface area contributed by atoms with E-state index in [4.69, 9.17) is 5.73 Å². The molecule has 3 N–H and O–H groups in total. The number of anilines is 1. The van der Waals surface area contributed by atoms with Crippen molar-refractivity contribution in [2.24, 2.45) is 5.73 Å². The van der Waals surface area contributed by atoms with Gasteiger partial charge in [-0.15, -0.1) is 11.3 Å². The number of rotatable bonds is 3. The molecule has 6 nitrogen and oxygen atoms in total. The van der Waals surface area contributed by atoms with Crippen molar-refractivity contribution in [2.45, 2.75) is 19.9 Å². The molecule has 0 unspecified atom stereocenters. The van der Waals surface area contributed by atoms with E-state index < -0.39 is 17.6 Å². The third-order valence-corrected chi connectivity index (χ3v) is 5.19. The first-order chi connectivity index (χ1) is 11.9. The molecule has 130 valence electrons. The summed E-state index contributed by atoms with van der Waals surface area (Å²) in [7, 11) is 0. The van der Waals surface area contributed by atoms with Crippen molar-refractivity contribution in [1.29, 1.82) is 0 Å². The number of halogens is 1. The first-order valence-corrected chi connectivity index (χ1v) is 8.45. The molecule has 0 spiro atoms.